The Balaban J connectivity index is 1.98. The monoisotopic (exact) mass is 329 g/mol. The van der Waals surface area contributed by atoms with E-state index in [4.69, 9.17) is 4.84 Å². The van der Waals surface area contributed by atoms with Gasteiger partial charge in [-0.3, -0.25) is 29.8 Å². The normalized spacial score (nSPS) is 12.9. The molecule has 0 radical (unpaired) electrons. The van der Waals surface area contributed by atoms with Crippen molar-refractivity contribution in [3.63, 3.8) is 0 Å². The van der Waals surface area contributed by atoms with Gasteiger partial charge in [-0.2, -0.15) is 0 Å². The smallest absolute Gasteiger partial charge is 0.321 e. The standard InChI is InChI=1S/C14H7N3O7/c18-13-9-3-1-2-4-10(9)14(19)15(13)24-12-6-5-8(16(20)21)7-11(12)17(22)23/h1-7H. The van der Waals surface area contributed by atoms with E-state index in [9.17, 15) is 29.8 Å². The number of benzene rings is 2. The summed E-state index contributed by atoms with van der Waals surface area (Å²) in [5.41, 5.74) is -1.05. The van der Waals surface area contributed by atoms with E-state index in [2.05, 4.69) is 0 Å². The van der Waals surface area contributed by atoms with Crippen LogP contribution in [-0.4, -0.2) is 26.7 Å². The molecule has 2 aromatic carbocycles. The van der Waals surface area contributed by atoms with Gasteiger partial charge in [0.15, 0.2) is 0 Å². The van der Waals surface area contributed by atoms with Crippen LogP contribution in [0.4, 0.5) is 11.4 Å². The number of fused-ring (bicyclic) bond motifs is 1. The lowest BCUT2D eigenvalue weighted by Crippen LogP contribution is -2.33. The highest BCUT2D eigenvalue weighted by molar-refractivity contribution is 6.20. The summed E-state index contributed by atoms with van der Waals surface area (Å²) in [4.78, 5) is 49.5. The molecule has 10 heteroatoms. The molecule has 1 aliphatic heterocycles. The Labute approximate surface area is 133 Å². The van der Waals surface area contributed by atoms with Gasteiger partial charge in [0.05, 0.1) is 27.0 Å². The Bertz CT molecular complexity index is 874. The molecule has 2 amide bonds. The topological polar surface area (TPSA) is 133 Å². The molecule has 0 saturated carbocycles. The fraction of sp³-hybridized carbons (Fsp3) is 0. The van der Waals surface area contributed by atoms with Crippen LogP contribution in [0.1, 0.15) is 20.7 Å². The average molecular weight is 329 g/mol. The van der Waals surface area contributed by atoms with Crippen molar-refractivity contribution < 1.29 is 24.3 Å². The molecule has 0 aromatic heterocycles. The summed E-state index contributed by atoms with van der Waals surface area (Å²) in [6.07, 6.45) is 0. The van der Waals surface area contributed by atoms with Gasteiger partial charge in [-0.1, -0.05) is 17.2 Å². The van der Waals surface area contributed by atoms with Crippen LogP contribution in [0.3, 0.4) is 0 Å². The average Bonchev–Trinajstić information content (AvgIpc) is 2.80. The van der Waals surface area contributed by atoms with Crippen LogP contribution in [0.5, 0.6) is 5.75 Å². The largest absolute Gasteiger partial charge is 0.361 e. The molecule has 1 aliphatic rings. The molecule has 1 heterocycles. The van der Waals surface area contributed by atoms with Crippen molar-refractivity contribution >= 4 is 23.2 Å². The third-order valence-corrected chi connectivity index (χ3v) is 3.30. The van der Waals surface area contributed by atoms with Crippen LogP contribution < -0.4 is 4.84 Å². The third kappa shape index (κ3) is 2.31. The quantitative estimate of drug-likeness (QED) is 0.476. The van der Waals surface area contributed by atoms with Crippen LogP contribution in [0.15, 0.2) is 42.5 Å². The minimum atomic E-state index is -0.902. The first kappa shape index (κ1) is 15.1. The first-order valence-electron chi connectivity index (χ1n) is 6.49. The number of non-ortho nitro benzene ring substituents is 1. The van der Waals surface area contributed by atoms with E-state index in [1.807, 2.05) is 0 Å². The van der Waals surface area contributed by atoms with Gasteiger partial charge in [-0.15, -0.1) is 0 Å². The van der Waals surface area contributed by atoms with E-state index in [-0.39, 0.29) is 11.1 Å². The van der Waals surface area contributed by atoms with Crippen molar-refractivity contribution in [1.82, 2.24) is 5.06 Å². The second-order valence-corrected chi connectivity index (χ2v) is 4.71. The molecule has 0 aliphatic carbocycles. The van der Waals surface area contributed by atoms with Gasteiger partial charge < -0.3 is 4.84 Å². The molecule has 0 bridgehead atoms. The maximum Gasteiger partial charge on any atom is 0.321 e. The fourth-order valence-corrected chi connectivity index (χ4v) is 2.19. The van der Waals surface area contributed by atoms with Gasteiger partial charge in [0.1, 0.15) is 0 Å². The van der Waals surface area contributed by atoms with Crippen LogP contribution in [0.25, 0.3) is 0 Å². The summed E-state index contributed by atoms with van der Waals surface area (Å²) < 4.78 is 0. The lowest BCUT2D eigenvalue weighted by atomic mass is 10.1. The van der Waals surface area contributed by atoms with Gasteiger partial charge in [0.2, 0.25) is 5.75 Å². The summed E-state index contributed by atoms with van der Waals surface area (Å²) in [5.74, 6) is -2.01. The number of hydrogen-bond donors (Lipinski definition) is 0. The Kier molecular flexibility index (Phi) is 3.41. The number of carbonyl (C=O) groups excluding carboxylic acids is 2. The van der Waals surface area contributed by atoms with E-state index in [1.54, 1.807) is 12.1 Å². The number of amides is 2. The van der Waals surface area contributed by atoms with Crippen molar-refractivity contribution in [2.24, 2.45) is 0 Å². The highest BCUT2D eigenvalue weighted by Gasteiger charge is 2.38. The first-order valence-corrected chi connectivity index (χ1v) is 6.49. The summed E-state index contributed by atoms with van der Waals surface area (Å²) in [6, 6.07) is 8.57. The zero-order chi connectivity index (χ0) is 17.4. The minimum Gasteiger partial charge on any atom is -0.361 e. The van der Waals surface area contributed by atoms with E-state index in [1.165, 1.54) is 12.1 Å². The predicted molar refractivity (Wildman–Crippen MR) is 77.3 cm³/mol. The molecule has 0 fully saturated rings. The molecule has 3 rings (SSSR count). The number of imide groups is 1. The summed E-state index contributed by atoms with van der Waals surface area (Å²) >= 11 is 0. The van der Waals surface area contributed by atoms with E-state index < -0.39 is 38.8 Å². The molecule has 0 spiro atoms. The molecule has 0 saturated heterocycles. The Hall–Kier alpha value is -3.82. The van der Waals surface area contributed by atoms with E-state index in [0.29, 0.717) is 11.1 Å². The fourth-order valence-electron chi connectivity index (χ4n) is 2.19. The van der Waals surface area contributed by atoms with E-state index in [0.717, 1.165) is 12.1 Å². The summed E-state index contributed by atoms with van der Waals surface area (Å²) in [6.45, 7) is 0. The number of rotatable bonds is 4. The van der Waals surface area contributed by atoms with Crippen molar-refractivity contribution in [2.45, 2.75) is 0 Å². The zero-order valence-corrected chi connectivity index (χ0v) is 11.7. The van der Waals surface area contributed by atoms with E-state index >= 15 is 0 Å². The SMILES string of the molecule is O=C1c2ccccc2C(=O)N1Oc1ccc([N+](=O)[O-])cc1[N+](=O)[O-]. The minimum absolute atomic E-state index is 0.104. The molecule has 0 N–H and O–H groups in total. The predicted octanol–water partition coefficient (Wildman–Crippen LogP) is 2.09. The number of nitrogens with zero attached hydrogens (tertiary/aromatic N) is 3. The molecule has 0 unspecified atom stereocenters. The molecule has 24 heavy (non-hydrogen) atoms. The van der Waals surface area contributed by atoms with Crippen LogP contribution in [0.2, 0.25) is 0 Å². The maximum absolute atomic E-state index is 12.2. The number of hydroxylamine groups is 2. The third-order valence-electron chi connectivity index (χ3n) is 3.30. The summed E-state index contributed by atoms with van der Waals surface area (Å²) in [5, 5.41) is 22.2. The molecular weight excluding hydrogens is 322 g/mol. The van der Waals surface area contributed by atoms with Gasteiger partial charge in [0, 0.05) is 6.07 Å². The number of nitro groups is 2. The molecular formula is C14H7N3O7. The number of hydrogen-bond acceptors (Lipinski definition) is 7. The van der Waals surface area contributed by atoms with Crippen molar-refractivity contribution in [3.05, 3.63) is 73.8 Å². The van der Waals surface area contributed by atoms with Crippen molar-refractivity contribution in [2.75, 3.05) is 0 Å². The molecule has 120 valence electrons. The van der Waals surface area contributed by atoms with Gasteiger partial charge in [0.25, 0.3) is 17.5 Å². The lowest BCUT2D eigenvalue weighted by molar-refractivity contribution is -0.395. The highest BCUT2D eigenvalue weighted by Crippen LogP contribution is 2.33. The van der Waals surface area contributed by atoms with Gasteiger partial charge in [-0.25, -0.2) is 0 Å². The van der Waals surface area contributed by atoms with Crippen LogP contribution in [0, 0.1) is 20.2 Å². The second-order valence-electron chi connectivity index (χ2n) is 4.71. The van der Waals surface area contributed by atoms with Gasteiger partial charge in [-0.05, 0) is 18.2 Å². The Morgan fingerprint density at radius 3 is 1.96 bits per heavy atom. The number of carbonyl (C=O) groups is 2. The molecule has 0 atom stereocenters. The maximum atomic E-state index is 12.2. The molecule has 2 aromatic rings. The molecule has 10 nitrogen and oxygen atoms in total. The highest BCUT2D eigenvalue weighted by atomic mass is 16.7. The lowest BCUT2D eigenvalue weighted by Gasteiger charge is -2.14. The second kappa shape index (κ2) is 5.43. The Morgan fingerprint density at radius 2 is 1.46 bits per heavy atom. The Morgan fingerprint density at radius 1 is 0.875 bits per heavy atom. The zero-order valence-electron chi connectivity index (χ0n) is 11.7. The first-order chi connectivity index (χ1) is 11.4. The number of nitro benzene ring substituents is 2. The summed E-state index contributed by atoms with van der Waals surface area (Å²) in [7, 11) is 0. The van der Waals surface area contributed by atoms with Crippen LogP contribution >= 0.6 is 0 Å². The van der Waals surface area contributed by atoms with Crippen LogP contribution in [-0.2, 0) is 0 Å². The van der Waals surface area contributed by atoms with Crippen molar-refractivity contribution in [3.8, 4) is 5.75 Å². The van der Waals surface area contributed by atoms with Gasteiger partial charge >= 0.3 is 5.69 Å². The van der Waals surface area contributed by atoms with Crippen molar-refractivity contribution in [1.29, 1.82) is 0 Å².